The molecule has 0 atom stereocenters. The van der Waals surface area contributed by atoms with Crippen LogP contribution in [0.1, 0.15) is 29.5 Å². The van der Waals surface area contributed by atoms with Crippen molar-refractivity contribution in [1.82, 2.24) is 29.6 Å². The van der Waals surface area contributed by atoms with Crippen LogP contribution in [-0.2, 0) is 13.6 Å². The van der Waals surface area contributed by atoms with Crippen LogP contribution in [-0.4, -0.2) is 83.0 Å². The summed E-state index contributed by atoms with van der Waals surface area (Å²) in [5.74, 6) is 0.944. The summed E-state index contributed by atoms with van der Waals surface area (Å²) in [5, 5.41) is 2.94. The Labute approximate surface area is 166 Å². The summed E-state index contributed by atoms with van der Waals surface area (Å²) in [7, 11) is 5.50. The van der Waals surface area contributed by atoms with E-state index in [2.05, 4.69) is 21.7 Å². The number of rotatable bonds is 5. The number of nitrogens with zero attached hydrogens (tertiary/aromatic N) is 5. The molecule has 1 aromatic carbocycles. The number of hydrogen-bond acceptors (Lipinski definition) is 4. The van der Waals surface area contributed by atoms with Gasteiger partial charge in [-0.3, -0.25) is 9.69 Å². The smallest absolute Gasteiger partial charge is 0.317 e. The van der Waals surface area contributed by atoms with E-state index in [4.69, 9.17) is 4.98 Å². The number of carbonyl (C=O) groups is 2. The third kappa shape index (κ3) is 4.27. The van der Waals surface area contributed by atoms with Gasteiger partial charge in [0.1, 0.15) is 5.82 Å². The summed E-state index contributed by atoms with van der Waals surface area (Å²) in [6, 6.07) is 5.70. The topological polar surface area (TPSA) is 73.7 Å². The molecule has 1 aromatic heterocycles. The van der Waals surface area contributed by atoms with Crippen LogP contribution >= 0.6 is 0 Å². The summed E-state index contributed by atoms with van der Waals surface area (Å²) in [6.45, 7) is 6.60. The van der Waals surface area contributed by atoms with Gasteiger partial charge in [0.05, 0.1) is 17.6 Å². The molecular formula is C20H30N6O2. The number of fused-ring (bicyclic) bond motifs is 1. The van der Waals surface area contributed by atoms with E-state index >= 15 is 0 Å². The zero-order valence-corrected chi connectivity index (χ0v) is 17.2. The average Bonchev–Trinajstić information content (AvgIpc) is 3.00. The molecule has 1 saturated heterocycles. The van der Waals surface area contributed by atoms with E-state index in [9.17, 15) is 9.59 Å². The molecule has 1 fully saturated rings. The molecule has 0 spiro atoms. The van der Waals surface area contributed by atoms with Crippen LogP contribution in [0.15, 0.2) is 18.2 Å². The van der Waals surface area contributed by atoms with Crippen LogP contribution in [0.2, 0.25) is 0 Å². The van der Waals surface area contributed by atoms with E-state index in [0.717, 1.165) is 62.5 Å². The minimum absolute atomic E-state index is 0.0217. The van der Waals surface area contributed by atoms with Gasteiger partial charge in [-0.2, -0.15) is 0 Å². The molecule has 28 heavy (non-hydrogen) atoms. The van der Waals surface area contributed by atoms with E-state index in [0.29, 0.717) is 5.56 Å². The standard InChI is InChI=1S/C20H30N6O2/c1-5-8-21-20(28)26-11-9-25(10-12-26)14-18-22-16-13-15(19(27)23(2)3)6-7-17(16)24(18)4/h6-7,13H,5,8-12,14H2,1-4H3,(H,21,28). The van der Waals surface area contributed by atoms with Crippen molar-refractivity contribution in [2.45, 2.75) is 19.9 Å². The minimum atomic E-state index is -0.0217. The lowest BCUT2D eigenvalue weighted by molar-refractivity contribution is 0.0827. The number of imidazole rings is 1. The first kappa shape index (κ1) is 20.1. The molecule has 1 aliphatic rings. The van der Waals surface area contributed by atoms with Gasteiger partial charge in [0.2, 0.25) is 0 Å². The fraction of sp³-hybridized carbons (Fsp3) is 0.550. The monoisotopic (exact) mass is 386 g/mol. The van der Waals surface area contributed by atoms with Gasteiger partial charge < -0.3 is 19.7 Å². The molecule has 3 amide bonds. The molecule has 2 aromatic rings. The molecule has 1 N–H and O–H groups in total. The first-order valence-electron chi connectivity index (χ1n) is 9.82. The highest BCUT2D eigenvalue weighted by molar-refractivity contribution is 5.97. The molecule has 8 nitrogen and oxygen atoms in total. The molecule has 8 heteroatoms. The molecule has 0 aliphatic carbocycles. The van der Waals surface area contributed by atoms with Gasteiger partial charge in [0.25, 0.3) is 5.91 Å². The second-order valence-electron chi connectivity index (χ2n) is 7.49. The molecule has 0 unspecified atom stereocenters. The molecule has 0 bridgehead atoms. The predicted molar refractivity (Wildman–Crippen MR) is 109 cm³/mol. The maximum atomic E-state index is 12.2. The van der Waals surface area contributed by atoms with E-state index in [1.807, 2.05) is 30.1 Å². The lowest BCUT2D eigenvalue weighted by Gasteiger charge is -2.34. The first-order chi connectivity index (χ1) is 13.4. The highest BCUT2D eigenvalue weighted by atomic mass is 16.2. The van der Waals surface area contributed by atoms with E-state index in [1.165, 1.54) is 0 Å². The lowest BCUT2D eigenvalue weighted by Crippen LogP contribution is -2.51. The van der Waals surface area contributed by atoms with Crippen molar-refractivity contribution in [2.24, 2.45) is 7.05 Å². The number of benzene rings is 1. The Balaban J connectivity index is 1.66. The lowest BCUT2D eigenvalue weighted by atomic mass is 10.2. The van der Waals surface area contributed by atoms with Gasteiger partial charge >= 0.3 is 6.03 Å². The SMILES string of the molecule is CCCNC(=O)N1CCN(Cc2nc3cc(C(=O)N(C)C)ccc3n2C)CC1. The zero-order chi connectivity index (χ0) is 20.3. The van der Waals surface area contributed by atoms with E-state index in [-0.39, 0.29) is 11.9 Å². The Bertz CT molecular complexity index is 852. The Morgan fingerprint density at radius 1 is 1.18 bits per heavy atom. The maximum absolute atomic E-state index is 12.2. The highest BCUT2D eigenvalue weighted by Gasteiger charge is 2.22. The molecule has 3 rings (SSSR count). The van der Waals surface area contributed by atoms with E-state index < -0.39 is 0 Å². The number of hydrogen-bond donors (Lipinski definition) is 1. The molecule has 1 aliphatic heterocycles. The number of carbonyl (C=O) groups excluding carboxylic acids is 2. The predicted octanol–water partition coefficient (Wildman–Crippen LogP) is 1.51. The van der Waals surface area contributed by atoms with Gasteiger partial charge in [-0.25, -0.2) is 9.78 Å². The Hall–Kier alpha value is -2.61. The summed E-state index contributed by atoms with van der Waals surface area (Å²) < 4.78 is 2.08. The third-order valence-corrected chi connectivity index (χ3v) is 5.18. The van der Waals surface area contributed by atoms with Gasteiger partial charge in [0, 0.05) is 59.4 Å². The van der Waals surface area contributed by atoms with Crippen LogP contribution in [0, 0.1) is 0 Å². The van der Waals surface area contributed by atoms with Crippen molar-refractivity contribution in [3.63, 3.8) is 0 Å². The normalized spacial score (nSPS) is 15.1. The number of piperazine rings is 1. The van der Waals surface area contributed by atoms with Crippen molar-refractivity contribution in [2.75, 3.05) is 46.8 Å². The molecule has 152 valence electrons. The van der Waals surface area contributed by atoms with Crippen molar-refractivity contribution in [3.05, 3.63) is 29.6 Å². The molecule has 0 radical (unpaired) electrons. The Kier molecular flexibility index (Phi) is 6.18. The number of aromatic nitrogens is 2. The molecular weight excluding hydrogens is 356 g/mol. The second-order valence-corrected chi connectivity index (χ2v) is 7.49. The summed E-state index contributed by atoms with van der Waals surface area (Å²) in [5.41, 5.74) is 2.50. The number of nitrogens with one attached hydrogen (secondary N) is 1. The summed E-state index contributed by atoms with van der Waals surface area (Å²) in [6.07, 6.45) is 0.945. The second kappa shape index (κ2) is 8.60. The summed E-state index contributed by atoms with van der Waals surface area (Å²) >= 11 is 0. The maximum Gasteiger partial charge on any atom is 0.317 e. The largest absolute Gasteiger partial charge is 0.345 e. The number of aryl methyl sites for hydroxylation is 1. The van der Waals surface area contributed by atoms with Crippen molar-refractivity contribution >= 4 is 23.0 Å². The number of amides is 3. The van der Waals surface area contributed by atoms with Crippen molar-refractivity contribution in [1.29, 1.82) is 0 Å². The number of urea groups is 1. The molecule has 2 heterocycles. The van der Waals surface area contributed by atoms with Gasteiger partial charge in [-0.15, -0.1) is 0 Å². The van der Waals surface area contributed by atoms with Crippen LogP contribution in [0.25, 0.3) is 11.0 Å². The average molecular weight is 387 g/mol. The Morgan fingerprint density at radius 2 is 1.89 bits per heavy atom. The quantitative estimate of drug-likeness (QED) is 0.845. The van der Waals surface area contributed by atoms with Gasteiger partial charge in [-0.05, 0) is 24.6 Å². The highest BCUT2D eigenvalue weighted by Crippen LogP contribution is 2.19. The van der Waals surface area contributed by atoms with Crippen molar-refractivity contribution < 1.29 is 9.59 Å². The minimum Gasteiger partial charge on any atom is -0.345 e. The van der Waals surface area contributed by atoms with Gasteiger partial charge in [-0.1, -0.05) is 6.92 Å². The summed E-state index contributed by atoms with van der Waals surface area (Å²) in [4.78, 5) is 34.8. The van der Waals surface area contributed by atoms with Gasteiger partial charge in [0.15, 0.2) is 0 Å². The Morgan fingerprint density at radius 3 is 2.54 bits per heavy atom. The fourth-order valence-electron chi connectivity index (χ4n) is 3.44. The molecule has 0 saturated carbocycles. The zero-order valence-electron chi connectivity index (χ0n) is 17.2. The van der Waals surface area contributed by atoms with Crippen molar-refractivity contribution in [3.8, 4) is 0 Å². The van der Waals surface area contributed by atoms with Crippen LogP contribution in [0.5, 0.6) is 0 Å². The van der Waals surface area contributed by atoms with Crippen LogP contribution in [0.4, 0.5) is 4.79 Å². The van der Waals surface area contributed by atoms with E-state index in [1.54, 1.807) is 19.0 Å². The van der Waals surface area contributed by atoms with Crippen LogP contribution < -0.4 is 5.32 Å². The fourth-order valence-corrected chi connectivity index (χ4v) is 3.44. The first-order valence-corrected chi connectivity index (χ1v) is 9.82. The van der Waals surface area contributed by atoms with Crippen LogP contribution in [0.3, 0.4) is 0 Å². The third-order valence-electron chi connectivity index (χ3n) is 5.18.